The van der Waals surface area contributed by atoms with E-state index < -0.39 is 23.7 Å². The number of carbonyl (C=O) groups is 2. The van der Waals surface area contributed by atoms with Crippen molar-refractivity contribution in [3.63, 3.8) is 0 Å². The van der Waals surface area contributed by atoms with Gasteiger partial charge in [0.1, 0.15) is 5.60 Å². The van der Waals surface area contributed by atoms with Crippen LogP contribution in [0.25, 0.3) is 0 Å². The normalized spacial score (nSPS) is 12.6. The lowest BCUT2D eigenvalue weighted by atomic mass is 10.0. The number of carboxylic acid groups (broad SMARTS) is 1. The first-order valence-electron chi connectivity index (χ1n) is 6.39. The third-order valence-electron chi connectivity index (χ3n) is 2.45. The van der Waals surface area contributed by atoms with Gasteiger partial charge in [0.25, 0.3) is 0 Å². The molecule has 0 fully saturated rings. The molecule has 1 atom stereocenters. The maximum Gasteiger partial charge on any atom is 0.408 e. The lowest BCUT2D eigenvalue weighted by Crippen LogP contribution is -2.35. The minimum Gasteiger partial charge on any atom is -0.481 e. The summed E-state index contributed by atoms with van der Waals surface area (Å²) in [5.74, 6) is -0.907. The summed E-state index contributed by atoms with van der Waals surface area (Å²) in [5, 5.41) is 11.5. The quantitative estimate of drug-likeness (QED) is 0.865. The molecule has 6 heteroatoms. The second-order valence-electron chi connectivity index (χ2n) is 5.41. The van der Waals surface area contributed by atoms with Crippen molar-refractivity contribution in [1.82, 2.24) is 10.3 Å². The van der Waals surface area contributed by atoms with Crippen LogP contribution in [0.1, 0.15) is 45.2 Å². The van der Waals surface area contributed by atoms with E-state index in [1.54, 1.807) is 45.3 Å². The molecule has 0 bridgehead atoms. The first-order valence-corrected chi connectivity index (χ1v) is 6.39. The van der Waals surface area contributed by atoms with E-state index in [1.165, 1.54) is 0 Å². The van der Waals surface area contributed by atoms with Gasteiger partial charge in [0.15, 0.2) is 0 Å². The average molecular weight is 280 g/mol. The molecule has 1 rings (SSSR count). The molecule has 0 spiro atoms. The summed E-state index contributed by atoms with van der Waals surface area (Å²) in [4.78, 5) is 26.4. The van der Waals surface area contributed by atoms with Crippen LogP contribution >= 0.6 is 0 Å². The standard InChI is InChI=1S/C14H20N2O4/c1-14(2,3)20-13(19)16-11(4-5-12(17)18)10-6-8-15-9-7-10/h6-9,11H,4-5H2,1-3H3,(H,16,19)(H,17,18)/t11-/m0/s1. The molecule has 0 saturated heterocycles. The molecule has 0 radical (unpaired) electrons. The number of aliphatic carboxylic acids is 1. The summed E-state index contributed by atoms with van der Waals surface area (Å²) in [5.41, 5.74) is 0.201. The highest BCUT2D eigenvalue weighted by Crippen LogP contribution is 2.19. The molecule has 0 aromatic carbocycles. The van der Waals surface area contributed by atoms with Gasteiger partial charge in [-0.1, -0.05) is 0 Å². The SMILES string of the molecule is CC(C)(C)OC(=O)N[C@@H](CCC(=O)O)c1ccncc1. The summed E-state index contributed by atoms with van der Waals surface area (Å²) in [6.45, 7) is 5.31. The summed E-state index contributed by atoms with van der Waals surface area (Å²) >= 11 is 0. The highest BCUT2D eigenvalue weighted by Gasteiger charge is 2.21. The van der Waals surface area contributed by atoms with E-state index in [9.17, 15) is 9.59 Å². The molecule has 1 amide bonds. The fraction of sp³-hybridized carbons (Fsp3) is 0.500. The lowest BCUT2D eigenvalue weighted by Gasteiger charge is -2.23. The summed E-state index contributed by atoms with van der Waals surface area (Å²) < 4.78 is 5.18. The van der Waals surface area contributed by atoms with E-state index in [0.29, 0.717) is 6.42 Å². The van der Waals surface area contributed by atoms with Crippen molar-refractivity contribution in [1.29, 1.82) is 0 Å². The molecule has 0 aliphatic rings. The number of rotatable bonds is 5. The number of ether oxygens (including phenoxy) is 1. The summed E-state index contributed by atoms with van der Waals surface area (Å²) in [7, 11) is 0. The van der Waals surface area contributed by atoms with Gasteiger partial charge in [-0.15, -0.1) is 0 Å². The number of carbonyl (C=O) groups excluding carboxylic acids is 1. The molecule has 0 aliphatic carbocycles. The highest BCUT2D eigenvalue weighted by atomic mass is 16.6. The van der Waals surface area contributed by atoms with Gasteiger partial charge in [-0.3, -0.25) is 9.78 Å². The van der Waals surface area contributed by atoms with E-state index in [1.807, 2.05) is 0 Å². The van der Waals surface area contributed by atoms with Crippen molar-refractivity contribution < 1.29 is 19.4 Å². The number of nitrogens with one attached hydrogen (secondary N) is 1. The molecule has 0 saturated carbocycles. The molecule has 6 nitrogen and oxygen atoms in total. The van der Waals surface area contributed by atoms with Crippen molar-refractivity contribution in [3.05, 3.63) is 30.1 Å². The maximum absolute atomic E-state index is 11.8. The van der Waals surface area contributed by atoms with Crippen LogP contribution in [0.2, 0.25) is 0 Å². The first kappa shape index (κ1) is 15.9. The minimum atomic E-state index is -0.907. The van der Waals surface area contributed by atoms with Crippen LogP contribution in [-0.2, 0) is 9.53 Å². The third kappa shape index (κ3) is 6.17. The molecule has 110 valence electrons. The van der Waals surface area contributed by atoms with Crippen molar-refractivity contribution in [3.8, 4) is 0 Å². The third-order valence-corrected chi connectivity index (χ3v) is 2.45. The Kier molecular flexibility index (Phi) is 5.49. The first-order chi connectivity index (χ1) is 9.28. The Morgan fingerprint density at radius 2 is 1.95 bits per heavy atom. The van der Waals surface area contributed by atoms with Gasteiger partial charge < -0.3 is 15.2 Å². The Bertz CT molecular complexity index is 454. The second kappa shape index (κ2) is 6.88. The summed E-state index contributed by atoms with van der Waals surface area (Å²) in [6.07, 6.45) is 2.88. The molecule has 0 aliphatic heterocycles. The molecule has 1 aromatic rings. The van der Waals surface area contributed by atoms with Crippen LogP contribution in [0.5, 0.6) is 0 Å². The fourth-order valence-electron chi connectivity index (χ4n) is 1.64. The van der Waals surface area contributed by atoms with E-state index in [0.717, 1.165) is 5.56 Å². The Labute approximate surface area is 118 Å². The second-order valence-corrected chi connectivity index (χ2v) is 5.41. The van der Waals surface area contributed by atoms with E-state index in [-0.39, 0.29) is 6.42 Å². The maximum atomic E-state index is 11.8. The largest absolute Gasteiger partial charge is 0.481 e. The number of amides is 1. The molecule has 0 unspecified atom stereocenters. The van der Waals surface area contributed by atoms with Gasteiger partial charge in [0.05, 0.1) is 6.04 Å². The number of hydrogen-bond acceptors (Lipinski definition) is 4. The van der Waals surface area contributed by atoms with Crippen LogP contribution in [0.4, 0.5) is 4.79 Å². The van der Waals surface area contributed by atoms with Gasteiger partial charge >= 0.3 is 12.1 Å². The van der Waals surface area contributed by atoms with Crippen LogP contribution in [0, 0.1) is 0 Å². The van der Waals surface area contributed by atoms with Crippen molar-refractivity contribution >= 4 is 12.1 Å². The van der Waals surface area contributed by atoms with Gasteiger partial charge in [0.2, 0.25) is 0 Å². The summed E-state index contributed by atoms with van der Waals surface area (Å²) in [6, 6.07) is 3.07. The van der Waals surface area contributed by atoms with Gasteiger partial charge in [-0.05, 0) is 44.9 Å². The molecule has 1 heterocycles. The van der Waals surface area contributed by atoms with Crippen LogP contribution < -0.4 is 5.32 Å². The predicted octanol–water partition coefficient (Wildman–Crippen LogP) is 2.51. The number of aromatic nitrogens is 1. The van der Waals surface area contributed by atoms with Crippen molar-refractivity contribution in [2.45, 2.75) is 45.3 Å². The Hall–Kier alpha value is -2.11. The van der Waals surface area contributed by atoms with E-state index in [2.05, 4.69) is 10.3 Å². The van der Waals surface area contributed by atoms with E-state index >= 15 is 0 Å². The molecule has 1 aromatic heterocycles. The Morgan fingerprint density at radius 3 is 2.45 bits per heavy atom. The molecule has 2 N–H and O–H groups in total. The number of nitrogens with zero attached hydrogens (tertiary/aromatic N) is 1. The van der Waals surface area contributed by atoms with Gasteiger partial charge in [0, 0.05) is 18.8 Å². The average Bonchev–Trinajstić information content (AvgIpc) is 2.33. The van der Waals surface area contributed by atoms with Crippen molar-refractivity contribution in [2.24, 2.45) is 0 Å². The Morgan fingerprint density at radius 1 is 1.35 bits per heavy atom. The van der Waals surface area contributed by atoms with Gasteiger partial charge in [-0.25, -0.2) is 4.79 Å². The van der Waals surface area contributed by atoms with Crippen LogP contribution in [-0.4, -0.2) is 27.8 Å². The molecular formula is C14H20N2O4. The number of hydrogen-bond donors (Lipinski definition) is 2. The monoisotopic (exact) mass is 280 g/mol. The smallest absolute Gasteiger partial charge is 0.408 e. The minimum absolute atomic E-state index is 0.0389. The Balaban J connectivity index is 2.73. The predicted molar refractivity (Wildman–Crippen MR) is 73.2 cm³/mol. The van der Waals surface area contributed by atoms with Gasteiger partial charge in [-0.2, -0.15) is 0 Å². The number of carboxylic acids is 1. The fourth-order valence-corrected chi connectivity index (χ4v) is 1.64. The van der Waals surface area contributed by atoms with Crippen LogP contribution in [0.3, 0.4) is 0 Å². The topological polar surface area (TPSA) is 88.5 Å². The molecule has 20 heavy (non-hydrogen) atoms. The van der Waals surface area contributed by atoms with Crippen LogP contribution in [0.15, 0.2) is 24.5 Å². The zero-order valence-corrected chi connectivity index (χ0v) is 11.9. The lowest BCUT2D eigenvalue weighted by molar-refractivity contribution is -0.137. The zero-order chi connectivity index (χ0) is 15.2. The van der Waals surface area contributed by atoms with E-state index in [4.69, 9.17) is 9.84 Å². The number of alkyl carbamates (subject to hydrolysis) is 1. The molecular weight excluding hydrogens is 260 g/mol. The van der Waals surface area contributed by atoms with Crippen molar-refractivity contribution in [2.75, 3.05) is 0 Å². The zero-order valence-electron chi connectivity index (χ0n) is 11.9. The number of pyridine rings is 1. The highest BCUT2D eigenvalue weighted by molar-refractivity contribution is 5.69.